The number of rotatable bonds is 9. The third-order valence-electron chi connectivity index (χ3n) is 3.44. The van der Waals surface area contributed by atoms with Crippen molar-refractivity contribution < 1.29 is 14.0 Å². The van der Waals surface area contributed by atoms with Crippen LogP contribution < -0.4 is 5.30 Å². The van der Waals surface area contributed by atoms with Gasteiger partial charge in [-0.3, -0.25) is 4.57 Å². The highest BCUT2D eigenvalue weighted by Gasteiger charge is 2.26. The molecule has 1 aromatic rings. The molecule has 1 rings (SSSR count). The molecule has 0 aliphatic heterocycles. The molecule has 0 saturated carbocycles. The molecule has 0 fully saturated rings. The first-order valence-corrected chi connectivity index (χ1v) is 9.23. The van der Waals surface area contributed by atoms with Crippen molar-refractivity contribution in [1.82, 2.24) is 0 Å². The van der Waals surface area contributed by atoms with Gasteiger partial charge in [0.2, 0.25) is 0 Å². The smallest absolute Gasteiger partial charge is 0.321 e. The van der Waals surface area contributed by atoms with Crippen LogP contribution in [0.3, 0.4) is 0 Å². The standard InChI is InChI=1S/C16H27O3P/c1-4-7-10-14-11-9-13-16(15(14)12-8-5-2)20(17,18)19-6-3/h9,11,13H,4-8,10,12H2,1-3H3,(H,17,18). The Balaban J connectivity index is 3.17. The normalized spacial score (nSPS) is 14.2. The molecule has 0 radical (unpaired) electrons. The molecule has 0 bridgehead atoms. The summed E-state index contributed by atoms with van der Waals surface area (Å²) in [5, 5.41) is 0.501. The van der Waals surface area contributed by atoms with E-state index in [1.807, 2.05) is 6.07 Å². The molecule has 3 nitrogen and oxygen atoms in total. The summed E-state index contributed by atoms with van der Waals surface area (Å²) in [5.74, 6) is 0. The quantitative estimate of drug-likeness (QED) is 0.694. The van der Waals surface area contributed by atoms with Crippen molar-refractivity contribution in [3.8, 4) is 0 Å². The number of unbranched alkanes of at least 4 members (excludes halogenated alkanes) is 2. The molecule has 0 heterocycles. The Kier molecular flexibility index (Phi) is 7.50. The van der Waals surface area contributed by atoms with Crippen LogP contribution in [-0.2, 0) is 21.9 Å². The van der Waals surface area contributed by atoms with E-state index in [4.69, 9.17) is 4.52 Å². The summed E-state index contributed by atoms with van der Waals surface area (Å²) in [5.41, 5.74) is 2.23. The van der Waals surface area contributed by atoms with Crippen LogP contribution in [-0.4, -0.2) is 11.5 Å². The van der Waals surface area contributed by atoms with Crippen molar-refractivity contribution in [3.63, 3.8) is 0 Å². The van der Waals surface area contributed by atoms with Crippen LogP contribution in [0.5, 0.6) is 0 Å². The summed E-state index contributed by atoms with van der Waals surface area (Å²) in [7, 11) is -3.68. The highest BCUT2D eigenvalue weighted by molar-refractivity contribution is 7.61. The van der Waals surface area contributed by atoms with E-state index in [0.29, 0.717) is 5.30 Å². The average Bonchev–Trinajstić information content (AvgIpc) is 2.42. The molecule has 1 N–H and O–H groups in total. The molecule has 1 aromatic carbocycles. The fraction of sp³-hybridized carbons (Fsp3) is 0.625. The van der Waals surface area contributed by atoms with E-state index in [0.717, 1.165) is 44.1 Å². The van der Waals surface area contributed by atoms with Crippen LogP contribution in [0.4, 0.5) is 0 Å². The maximum Gasteiger partial charge on any atom is 0.359 e. The van der Waals surface area contributed by atoms with E-state index in [1.165, 1.54) is 5.56 Å². The van der Waals surface area contributed by atoms with Crippen molar-refractivity contribution in [3.05, 3.63) is 29.3 Å². The van der Waals surface area contributed by atoms with Gasteiger partial charge in [0.25, 0.3) is 0 Å². The maximum atomic E-state index is 12.4. The predicted molar refractivity (Wildman–Crippen MR) is 84.8 cm³/mol. The Morgan fingerprint density at radius 3 is 2.35 bits per heavy atom. The molecule has 0 saturated heterocycles. The van der Waals surface area contributed by atoms with Crippen LogP contribution in [0.25, 0.3) is 0 Å². The van der Waals surface area contributed by atoms with Crippen LogP contribution in [0, 0.1) is 0 Å². The Bertz CT molecular complexity index is 457. The van der Waals surface area contributed by atoms with Gasteiger partial charge < -0.3 is 9.42 Å². The van der Waals surface area contributed by atoms with Gasteiger partial charge >= 0.3 is 7.60 Å². The zero-order valence-corrected chi connectivity index (χ0v) is 13.8. The fourth-order valence-corrected chi connectivity index (χ4v) is 3.73. The molecule has 20 heavy (non-hydrogen) atoms. The van der Waals surface area contributed by atoms with Crippen molar-refractivity contribution >= 4 is 12.9 Å². The summed E-state index contributed by atoms with van der Waals surface area (Å²) >= 11 is 0. The summed E-state index contributed by atoms with van der Waals surface area (Å²) in [6.45, 7) is 6.29. The molecule has 0 aromatic heterocycles. The van der Waals surface area contributed by atoms with E-state index < -0.39 is 7.60 Å². The molecule has 1 unspecified atom stereocenters. The number of aryl methyl sites for hydroxylation is 1. The lowest BCUT2D eigenvalue weighted by Gasteiger charge is -2.18. The minimum absolute atomic E-state index is 0.250. The van der Waals surface area contributed by atoms with Gasteiger partial charge in [-0.2, -0.15) is 0 Å². The van der Waals surface area contributed by atoms with E-state index in [-0.39, 0.29) is 6.61 Å². The third-order valence-corrected chi connectivity index (χ3v) is 5.07. The lowest BCUT2D eigenvalue weighted by atomic mass is 9.98. The van der Waals surface area contributed by atoms with Gasteiger partial charge in [-0.15, -0.1) is 0 Å². The van der Waals surface area contributed by atoms with Crippen molar-refractivity contribution in [2.75, 3.05) is 6.61 Å². The van der Waals surface area contributed by atoms with Gasteiger partial charge in [-0.05, 0) is 49.8 Å². The molecule has 0 aliphatic rings. The number of hydrogen-bond acceptors (Lipinski definition) is 2. The van der Waals surface area contributed by atoms with Crippen molar-refractivity contribution in [2.24, 2.45) is 0 Å². The SMILES string of the molecule is CCCCc1cccc(P(=O)(O)OCC)c1CCCC. The van der Waals surface area contributed by atoms with Gasteiger partial charge in [0.1, 0.15) is 0 Å². The molecule has 1 atom stereocenters. The molecule has 0 spiro atoms. The number of benzene rings is 1. The third kappa shape index (κ3) is 4.73. The Morgan fingerprint density at radius 2 is 1.75 bits per heavy atom. The minimum atomic E-state index is -3.68. The molecule has 4 heteroatoms. The largest absolute Gasteiger partial charge is 0.359 e. The summed E-state index contributed by atoms with van der Waals surface area (Å²) in [6.07, 6.45) is 6.15. The Labute approximate surface area is 122 Å². The molecular weight excluding hydrogens is 271 g/mol. The lowest BCUT2D eigenvalue weighted by molar-refractivity contribution is 0.284. The maximum absolute atomic E-state index is 12.4. The highest BCUT2D eigenvalue weighted by Crippen LogP contribution is 2.42. The van der Waals surface area contributed by atoms with Crippen LogP contribution in [0.2, 0.25) is 0 Å². The summed E-state index contributed by atoms with van der Waals surface area (Å²) in [4.78, 5) is 10.1. The van der Waals surface area contributed by atoms with Gasteiger partial charge in [0.15, 0.2) is 0 Å². The van der Waals surface area contributed by atoms with Gasteiger partial charge in [-0.25, -0.2) is 0 Å². The van der Waals surface area contributed by atoms with E-state index in [2.05, 4.69) is 19.9 Å². The topological polar surface area (TPSA) is 46.5 Å². The Morgan fingerprint density at radius 1 is 1.10 bits per heavy atom. The number of hydrogen-bond donors (Lipinski definition) is 1. The van der Waals surface area contributed by atoms with Crippen LogP contribution in [0.1, 0.15) is 57.6 Å². The van der Waals surface area contributed by atoms with Crippen molar-refractivity contribution in [2.45, 2.75) is 59.3 Å². The zero-order chi connectivity index (χ0) is 15.0. The lowest BCUT2D eigenvalue weighted by Crippen LogP contribution is -2.16. The molecule has 0 aliphatic carbocycles. The minimum Gasteiger partial charge on any atom is -0.321 e. The van der Waals surface area contributed by atoms with Gasteiger partial charge in [0, 0.05) is 0 Å². The second-order valence-corrected chi connectivity index (χ2v) is 6.84. The first kappa shape index (κ1) is 17.4. The Hall–Kier alpha value is -0.630. The monoisotopic (exact) mass is 298 g/mol. The molecule has 114 valence electrons. The molecular formula is C16H27O3P. The first-order valence-electron chi connectivity index (χ1n) is 7.65. The second-order valence-electron chi connectivity index (χ2n) is 5.06. The van der Waals surface area contributed by atoms with Crippen LogP contribution in [0.15, 0.2) is 18.2 Å². The first-order chi connectivity index (χ1) is 9.56. The van der Waals surface area contributed by atoms with E-state index in [9.17, 15) is 9.46 Å². The highest BCUT2D eigenvalue weighted by atomic mass is 31.2. The van der Waals surface area contributed by atoms with E-state index >= 15 is 0 Å². The molecule has 0 amide bonds. The average molecular weight is 298 g/mol. The second kappa shape index (κ2) is 8.61. The zero-order valence-electron chi connectivity index (χ0n) is 12.9. The van der Waals surface area contributed by atoms with Crippen LogP contribution >= 0.6 is 7.60 Å². The van der Waals surface area contributed by atoms with E-state index in [1.54, 1.807) is 13.0 Å². The summed E-state index contributed by atoms with van der Waals surface area (Å²) < 4.78 is 17.5. The summed E-state index contributed by atoms with van der Waals surface area (Å²) in [6, 6.07) is 5.70. The predicted octanol–water partition coefficient (Wildman–Crippen LogP) is 4.22. The van der Waals surface area contributed by atoms with Crippen molar-refractivity contribution in [1.29, 1.82) is 0 Å². The van der Waals surface area contributed by atoms with Gasteiger partial charge in [-0.1, -0.05) is 38.8 Å². The van der Waals surface area contributed by atoms with Gasteiger partial charge in [0.05, 0.1) is 11.9 Å². The fourth-order valence-electron chi connectivity index (χ4n) is 2.37.